The fourth-order valence-electron chi connectivity index (χ4n) is 1.60. The second-order valence-electron chi connectivity index (χ2n) is 4.51. The first-order valence-electron chi connectivity index (χ1n) is 5.76. The Labute approximate surface area is 118 Å². The van der Waals surface area contributed by atoms with Gasteiger partial charge in [-0.2, -0.15) is 39.5 Å². The largest absolute Gasteiger partial charge is 0.460 e. The van der Waals surface area contributed by atoms with Crippen molar-refractivity contribution in [1.29, 1.82) is 0 Å². The molecule has 1 fully saturated rings. The highest BCUT2D eigenvalue weighted by molar-refractivity contribution is 5.00. The van der Waals surface area contributed by atoms with Gasteiger partial charge in [0.25, 0.3) is 6.48 Å². The van der Waals surface area contributed by atoms with Crippen LogP contribution in [0.2, 0.25) is 0 Å². The van der Waals surface area contributed by atoms with Crippen molar-refractivity contribution in [2.75, 3.05) is 13.7 Å². The van der Waals surface area contributed by atoms with E-state index in [1.807, 2.05) is 0 Å². The highest BCUT2D eigenvalue weighted by Gasteiger charge is 2.81. The van der Waals surface area contributed by atoms with E-state index in [0.717, 1.165) is 7.11 Å². The lowest BCUT2D eigenvalue weighted by Crippen LogP contribution is -2.60. The van der Waals surface area contributed by atoms with E-state index in [-0.39, 0.29) is 6.61 Å². The van der Waals surface area contributed by atoms with E-state index >= 15 is 0 Å². The molecule has 12 heteroatoms. The summed E-state index contributed by atoms with van der Waals surface area (Å²) in [4.78, 5) is 0. The van der Waals surface area contributed by atoms with E-state index in [2.05, 4.69) is 9.47 Å². The fourth-order valence-corrected chi connectivity index (χ4v) is 1.60. The van der Waals surface area contributed by atoms with Crippen LogP contribution in [0.15, 0.2) is 0 Å². The van der Waals surface area contributed by atoms with Crippen LogP contribution < -0.4 is 0 Å². The van der Waals surface area contributed by atoms with Crippen molar-refractivity contribution in [3.05, 3.63) is 0 Å². The van der Waals surface area contributed by atoms with E-state index in [9.17, 15) is 39.5 Å². The Kier molecular flexibility index (Phi) is 5.30. The van der Waals surface area contributed by atoms with Gasteiger partial charge < -0.3 is 14.2 Å². The maximum Gasteiger partial charge on any atom is 0.460 e. The topological polar surface area (TPSA) is 27.7 Å². The predicted molar refractivity (Wildman–Crippen MR) is 51.8 cm³/mol. The van der Waals surface area contributed by atoms with Gasteiger partial charge in [-0.25, -0.2) is 0 Å². The van der Waals surface area contributed by atoms with Crippen molar-refractivity contribution in [3.8, 4) is 0 Å². The van der Waals surface area contributed by atoms with Gasteiger partial charge in [0, 0.05) is 13.5 Å². The van der Waals surface area contributed by atoms with Crippen molar-refractivity contribution in [1.82, 2.24) is 0 Å². The molecule has 0 amide bonds. The summed E-state index contributed by atoms with van der Waals surface area (Å²) in [5.41, 5.74) is 0. The summed E-state index contributed by atoms with van der Waals surface area (Å²) in [6.07, 6.45) is -10.9. The summed E-state index contributed by atoms with van der Waals surface area (Å²) >= 11 is 0. The number of methoxy groups -OCH3 is 1. The smallest absolute Gasteiger partial charge is 0.333 e. The molecule has 1 heterocycles. The first-order valence-corrected chi connectivity index (χ1v) is 5.76. The van der Waals surface area contributed by atoms with Crippen LogP contribution in [-0.4, -0.2) is 50.2 Å². The first-order chi connectivity index (χ1) is 9.76. The molecule has 3 nitrogen and oxygen atoms in total. The number of ether oxygens (including phenoxy) is 3. The lowest BCUT2D eigenvalue weighted by molar-refractivity contribution is -0.397. The van der Waals surface area contributed by atoms with Crippen LogP contribution in [-0.2, 0) is 14.2 Å². The van der Waals surface area contributed by atoms with E-state index in [4.69, 9.17) is 4.74 Å². The molecule has 0 aromatic carbocycles. The molecule has 0 aliphatic carbocycles. The highest BCUT2D eigenvalue weighted by atomic mass is 19.4. The van der Waals surface area contributed by atoms with Crippen LogP contribution in [0.3, 0.4) is 0 Å². The zero-order valence-corrected chi connectivity index (χ0v) is 10.9. The maximum atomic E-state index is 13.2. The quantitative estimate of drug-likeness (QED) is 0.686. The Morgan fingerprint density at radius 2 is 1.50 bits per heavy atom. The van der Waals surface area contributed by atoms with Gasteiger partial charge in [0.1, 0.15) is 0 Å². The lowest BCUT2D eigenvalue weighted by atomic mass is 9.98. The van der Waals surface area contributed by atoms with E-state index < -0.39 is 49.4 Å². The Hall–Kier alpha value is -0.750. The summed E-state index contributed by atoms with van der Waals surface area (Å²) in [6, 6.07) is 0. The molecule has 1 aliphatic rings. The Morgan fingerprint density at radius 3 is 1.91 bits per heavy atom. The lowest BCUT2D eigenvalue weighted by Gasteiger charge is -2.33. The predicted octanol–water partition coefficient (Wildman–Crippen LogP) is 3.58. The molecule has 22 heavy (non-hydrogen) atoms. The molecule has 1 saturated heterocycles. The summed E-state index contributed by atoms with van der Waals surface area (Å²) in [5.74, 6) is -19.1. The molecular formula is C10H11F9O3. The third-order valence-electron chi connectivity index (χ3n) is 2.90. The highest BCUT2D eigenvalue weighted by Crippen LogP contribution is 2.54. The van der Waals surface area contributed by atoms with Crippen LogP contribution in [0, 0.1) is 0 Å². The number of halogens is 9. The van der Waals surface area contributed by atoms with Crippen molar-refractivity contribution in [3.63, 3.8) is 0 Å². The van der Waals surface area contributed by atoms with Crippen LogP contribution in [0.1, 0.15) is 12.8 Å². The molecule has 0 radical (unpaired) electrons. The normalized spacial score (nSPS) is 24.8. The van der Waals surface area contributed by atoms with Gasteiger partial charge in [-0.15, -0.1) is 0 Å². The van der Waals surface area contributed by atoms with Gasteiger partial charge in [-0.3, -0.25) is 0 Å². The third kappa shape index (κ3) is 3.43. The van der Waals surface area contributed by atoms with Crippen molar-refractivity contribution >= 4 is 0 Å². The molecule has 0 spiro atoms. The number of alkyl halides is 9. The average Bonchev–Trinajstić information content (AvgIpc) is 2.82. The molecule has 0 N–H and O–H groups in total. The molecule has 0 aromatic heterocycles. The van der Waals surface area contributed by atoms with Crippen LogP contribution >= 0.6 is 0 Å². The standard InChI is InChI=1S/C10H11F9O3/c1-20-6-21-4-5(22-6)2-3-7(11,12)8(13,14)9(15,16)10(17,18)19/h5-6H,2-4H2,1H3. The second kappa shape index (κ2) is 6.04. The minimum atomic E-state index is -6.87. The molecule has 2 atom stereocenters. The number of hydrogen-bond donors (Lipinski definition) is 0. The summed E-state index contributed by atoms with van der Waals surface area (Å²) in [6.45, 7) is -1.59. The zero-order chi connectivity index (χ0) is 17.4. The maximum absolute atomic E-state index is 13.2. The van der Waals surface area contributed by atoms with Crippen molar-refractivity contribution in [2.24, 2.45) is 0 Å². The molecule has 1 rings (SSSR count). The SMILES string of the molecule is COC1OCC(CCC(F)(F)C(F)(F)C(F)(F)C(F)(F)F)O1. The monoisotopic (exact) mass is 350 g/mol. The van der Waals surface area contributed by atoms with E-state index in [1.165, 1.54) is 0 Å². The molecule has 1 aliphatic heterocycles. The van der Waals surface area contributed by atoms with E-state index in [1.54, 1.807) is 0 Å². The Bertz CT molecular complexity index is 382. The van der Waals surface area contributed by atoms with Gasteiger partial charge >= 0.3 is 23.9 Å². The van der Waals surface area contributed by atoms with E-state index in [0.29, 0.717) is 0 Å². The first kappa shape index (κ1) is 19.3. The van der Waals surface area contributed by atoms with Crippen LogP contribution in [0.25, 0.3) is 0 Å². The van der Waals surface area contributed by atoms with Crippen LogP contribution in [0.4, 0.5) is 39.5 Å². The van der Waals surface area contributed by atoms with Gasteiger partial charge in [0.05, 0.1) is 12.7 Å². The molecule has 0 saturated carbocycles. The second-order valence-corrected chi connectivity index (χ2v) is 4.51. The summed E-state index contributed by atoms with van der Waals surface area (Å²) in [5, 5.41) is 0. The Balaban J connectivity index is 2.76. The average molecular weight is 350 g/mol. The Morgan fingerprint density at radius 1 is 0.955 bits per heavy atom. The molecule has 2 unspecified atom stereocenters. The van der Waals surface area contributed by atoms with Crippen LogP contribution in [0.5, 0.6) is 0 Å². The third-order valence-corrected chi connectivity index (χ3v) is 2.90. The van der Waals surface area contributed by atoms with Gasteiger partial charge in [-0.1, -0.05) is 0 Å². The number of rotatable bonds is 6. The van der Waals surface area contributed by atoms with Crippen molar-refractivity contribution < 1.29 is 53.7 Å². The minimum Gasteiger partial charge on any atom is -0.333 e. The van der Waals surface area contributed by atoms with Crippen molar-refractivity contribution in [2.45, 2.75) is 49.4 Å². The molecule has 0 bridgehead atoms. The molecule has 132 valence electrons. The summed E-state index contributed by atoms with van der Waals surface area (Å²) in [7, 11) is 1.12. The van der Waals surface area contributed by atoms with Gasteiger partial charge in [0.2, 0.25) is 0 Å². The summed E-state index contributed by atoms with van der Waals surface area (Å²) < 4.78 is 127. The molecule has 0 aromatic rings. The fraction of sp³-hybridized carbons (Fsp3) is 1.00. The number of hydrogen-bond acceptors (Lipinski definition) is 3. The minimum absolute atomic E-state index is 0.351. The van der Waals surface area contributed by atoms with Gasteiger partial charge in [-0.05, 0) is 6.42 Å². The zero-order valence-electron chi connectivity index (χ0n) is 10.9. The molecular weight excluding hydrogens is 339 g/mol. The van der Waals surface area contributed by atoms with Gasteiger partial charge in [0.15, 0.2) is 0 Å².